The van der Waals surface area contributed by atoms with Crippen molar-refractivity contribution in [1.29, 1.82) is 0 Å². The van der Waals surface area contributed by atoms with Gasteiger partial charge < -0.3 is 52.8 Å². The number of quaternary nitrogens is 1. The van der Waals surface area contributed by atoms with Crippen LogP contribution in [-0.4, -0.2) is 107 Å². The number of carbonyl (C=O) groups is 8. The number of hydrogen-bond donors (Lipinski definition) is 8. The van der Waals surface area contributed by atoms with Crippen LogP contribution in [0.2, 0.25) is 0 Å². The molecule has 1 aliphatic rings. The number of Topliss-reactive ketones (excluding diaryl/α,β-unsaturated/α-hetero) is 3. The molecule has 48 heavy (non-hydrogen) atoms. The van der Waals surface area contributed by atoms with Crippen molar-refractivity contribution in [2.75, 3.05) is 13.1 Å². The van der Waals surface area contributed by atoms with E-state index in [1.807, 2.05) is 0 Å². The van der Waals surface area contributed by atoms with Gasteiger partial charge in [-0.1, -0.05) is 0 Å². The van der Waals surface area contributed by atoms with Gasteiger partial charge >= 0.3 is 5.97 Å². The van der Waals surface area contributed by atoms with Gasteiger partial charge in [-0.15, -0.1) is 0 Å². The van der Waals surface area contributed by atoms with Crippen molar-refractivity contribution in [1.82, 2.24) is 21.3 Å². The van der Waals surface area contributed by atoms with Crippen LogP contribution in [0.25, 0.3) is 0 Å². The van der Waals surface area contributed by atoms with Crippen molar-refractivity contribution in [3.63, 3.8) is 0 Å². The van der Waals surface area contributed by atoms with Gasteiger partial charge in [0.15, 0.2) is 17.3 Å². The summed E-state index contributed by atoms with van der Waals surface area (Å²) in [7, 11) is 0. The number of nitrogens with one attached hydrogen (secondary N) is 4. The van der Waals surface area contributed by atoms with E-state index in [-0.39, 0.29) is 25.3 Å². The van der Waals surface area contributed by atoms with E-state index in [0.717, 1.165) is 6.42 Å². The molecule has 17 heteroatoms. The average Bonchev–Trinajstić information content (AvgIpc) is 3.55. The minimum absolute atomic E-state index is 0.195. The van der Waals surface area contributed by atoms with E-state index in [9.17, 15) is 53.7 Å². The molecule has 1 aliphatic heterocycles. The third kappa shape index (κ3) is 15.0. The van der Waals surface area contributed by atoms with Crippen LogP contribution in [-0.2, 0) is 38.4 Å². The van der Waals surface area contributed by atoms with Gasteiger partial charge in [0.1, 0.15) is 6.04 Å². The van der Waals surface area contributed by atoms with E-state index in [2.05, 4.69) is 27.0 Å². The molecule has 0 bridgehead atoms. The molecule has 1 rings (SSSR count). The number of amides is 3. The molecule has 0 aromatic rings. The first-order chi connectivity index (χ1) is 22.5. The summed E-state index contributed by atoms with van der Waals surface area (Å²) in [6.45, 7) is 5.30. The zero-order valence-corrected chi connectivity index (χ0v) is 28.0. The maximum atomic E-state index is 13.3. The molecule has 11 N–H and O–H groups in total. The number of carbonyl (C=O) groups excluding carboxylic acids is 7. The lowest BCUT2D eigenvalue weighted by atomic mass is 9.91. The number of hydrogen-bond acceptors (Lipinski definition) is 12. The van der Waals surface area contributed by atoms with Crippen molar-refractivity contribution in [3.8, 4) is 0 Å². The lowest BCUT2D eigenvalue weighted by molar-refractivity contribution is -0.368. The first kappa shape index (κ1) is 42.2. The Labute approximate surface area is 279 Å². The third-order valence-corrected chi connectivity index (χ3v) is 8.39. The molecule has 3 amide bonds. The van der Waals surface area contributed by atoms with Gasteiger partial charge in [-0.25, -0.2) is 0 Å². The highest BCUT2D eigenvalue weighted by atomic mass is 16.4. The maximum Gasteiger partial charge on any atom is 0.308 e. The summed E-state index contributed by atoms with van der Waals surface area (Å²) in [4.78, 5) is 99.6. The maximum absolute atomic E-state index is 13.3. The van der Waals surface area contributed by atoms with Crippen LogP contribution in [0.4, 0.5) is 0 Å². The van der Waals surface area contributed by atoms with Gasteiger partial charge in [-0.2, -0.15) is 0 Å². The van der Waals surface area contributed by atoms with Gasteiger partial charge in [0.2, 0.25) is 17.7 Å². The Bertz CT molecular complexity index is 1160. The molecule has 272 valence electrons. The van der Waals surface area contributed by atoms with E-state index in [1.165, 1.54) is 20.8 Å². The van der Waals surface area contributed by atoms with Crippen LogP contribution in [0.1, 0.15) is 85.0 Å². The summed E-state index contributed by atoms with van der Waals surface area (Å²) < 4.78 is 0. The lowest BCUT2D eigenvalue weighted by Crippen LogP contribution is -2.52. The second-order valence-corrected chi connectivity index (χ2v) is 12.4. The fraction of sp³-hybridized carbons (Fsp3) is 0.742. The minimum Gasteiger partial charge on any atom is -0.550 e. The zero-order chi connectivity index (χ0) is 36.6. The van der Waals surface area contributed by atoms with Crippen molar-refractivity contribution < 1.29 is 59.4 Å². The van der Waals surface area contributed by atoms with E-state index in [1.54, 1.807) is 0 Å². The van der Waals surface area contributed by atoms with E-state index in [4.69, 9.17) is 5.73 Å². The topological polar surface area (TPSA) is 302 Å². The predicted molar refractivity (Wildman–Crippen MR) is 167 cm³/mol. The number of nitrogens with two attached hydrogens (primary N) is 1. The summed E-state index contributed by atoms with van der Waals surface area (Å²) in [5.41, 5.74) is 9.34. The molecule has 0 aliphatic carbocycles. The highest BCUT2D eigenvalue weighted by molar-refractivity contribution is 5.97. The van der Waals surface area contributed by atoms with E-state index < -0.39 is 108 Å². The SMILES string of the molecule is CC(NC(=O)CCC(=O)C(CC(=O)[O-])NC(=O)C(CCCC[NH3+])CC(=O)C(C)NC(=O)C(N)C(C)O)C(=O)CC(C(=O)O)C1CCCN1. The van der Waals surface area contributed by atoms with Gasteiger partial charge in [0, 0.05) is 50.0 Å². The fourth-order valence-electron chi connectivity index (χ4n) is 5.28. The molecular formula is C31H52N6O11. The van der Waals surface area contributed by atoms with E-state index in [0.29, 0.717) is 32.4 Å². The number of aliphatic hydroxyl groups is 1. The van der Waals surface area contributed by atoms with Gasteiger partial charge in [-0.05, 0) is 59.4 Å². The number of aliphatic carboxylic acids is 2. The number of rotatable bonds is 24. The third-order valence-electron chi connectivity index (χ3n) is 8.39. The molecule has 0 aromatic carbocycles. The van der Waals surface area contributed by atoms with Gasteiger partial charge in [0.25, 0.3) is 0 Å². The van der Waals surface area contributed by atoms with Gasteiger partial charge in [-0.3, -0.25) is 33.6 Å². The number of aliphatic hydroxyl groups excluding tert-OH is 1. The largest absolute Gasteiger partial charge is 0.550 e. The van der Waals surface area contributed by atoms with Crippen molar-refractivity contribution in [3.05, 3.63) is 0 Å². The lowest BCUT2D eigenvalue weighted by Gasteiger charge is -2.24. The van der Waals surface area contributed by atoms with Crippen molar-refractivity contribution >= 4 is 47.0 Å². The summed E-state index contributed by atoms with van der Waals surface area (Å²) in [6.07, 6.45) is -0.940. The molecule has 1 fully saturated rings. The fourth-order valence-corrected chi connectivity index (χ4v) is 5.28. The number of carboxylic acids is 2. The van der Waals surface area contributed by atoms with Crippen LogP contribution in [0, 0.1) is 11.8 Å². The van der Waals surface area contributed by atoms with Crippen LogP contribution in [0.15, 0.2) is 0 Å². The van der Waals surface area contributed by atoms with Crippen LogP contribution < -0.4 is 37.8 Å². The summed E-state index contributed by atoms with van der Waals surface area (Å²) in [6, 6.07) is -5.30. The Morgan fingerprint density at radius 2 is 1.50 bits per heavy atom. The highest BCUT2D eigenvalue weighted by Crippen LogP contribution is 2.20. The molecule has 17 nitrogen and oxygen atoms in total. The monoisotopic (exact) mass is 684 g/mol. The van der Waals surface area contributed by atoms with E-state index >= 15 is 0 Å². The Morgan fingerprint density at radius 3 is 2.04 bits per heavy atom. The summed E-state index contributed by atoms with van der Waals surface area (Å²) in [5.74, 6) is -8.80. The van der Waals surface area contributed by atoms with Crippen LogP contribution in [0.5, 0.6) is 0 Å². The standard InChI is InChI=1S/C31H52N6O11/c1-16(25(41)14-20(31(47)48)21-8-6-12-34-21)35-26(42)10-9-23(39)22(15-27(43)44)37-29(45)19(7-4-5-11-32)13-24(40)17(2)36-30(46)28(33)18(3)38/h16-22,28,34,38H,4-15,32-33H2,1-3H3,(H,35,42)(H,36,46)(H,37,45)(H,43,44)(H,47,48). The Hall–Kier alpha value is -3.80. The quantitative estimate of drug-likeness (QED) is 0.0451. The second-order valence-electron chi connectivity index (χ2n) is 12.4. The zero-order valence-electron chi connectivity index (χ0n) is 28.0. The highest BCUT2D eigenvalue weighted by Gasteiger charge is 2.34. The Morgan fingerprint density at radius 1 is 0.875 bits per heavy atom. The molecule has 0 aromatic heterocycles. The molecule has 0 radical (unpaired) electrons. The predicted octanol–water partition coefficient (Wildman–Crippen LogP) is -3.92. The summed E-state index contributed by atoms with van der Waals surface area (Å²) in [5, 5.41) is 40.8. The smallest absolute Gasteiger partial charge is 0.308 e. The van der Waals surface area contributed by atoms with Crippen LogP contribution >= 0.6 is 0 Å². The van der Waals surface area contributed by atoms with Crippen LogP contribution in [0.3, 0.4) is 0 Å². The average molecular weight is 685 g/mol. The summed E-state index contributed by atoms with van der Waals surface area (Å²) >= 11 is 0. The molecule has 8 atom stereocenters. The number of carboxylic acid groups (broad SMARTS) is 2. The molecule has 0 spiro atoms. The second kappa shape index (κ2) is 21.2. The Balaban J connectivity index is 2.84. The molecule has 0 saturated carbocycles. The van der Waals surface area contributed by atoms with Crippen molar-refractivity contribution in [2.45, 2.75) is 121 Å². The molecule has 1 heterocycles. The normalized spacial score (nSPS) is 18.7. The molecular weight excluding hydrogens is 632 g/mol. The van der Waals surface area contributed by atoms with Gasteiger partial charge in [0.05, 0.1) is 36.7 Å². The number of ketones is 3. The molecule has 1 saturated heterocycles. The first-order valence-electron chi connectivity index (χ1n) is 16.4. The van der Waals surface area contributed by atoms with Crippen molar-refractivity contribution in [2.24, 2.45) is 17.6 Å². The minimum atomic E-state index is -1.64. The first-order valence-corrected chi connectivity index (χ1v) is 16.4. The number of unbranched alkanes of at least 4 members (excludes halogenated alkanes) is 1. The molecule has 8 unspecified atom stereocenters. The Kier molecular flexibility index (Phi) is 18.7.